The van der Waals surface area contributed by atoms with Crippen LogP contribution < -0.4 is 19.5 Å². The van der Waals surface area contributed by atoms with Gasteiger partial charge in [0.05, 0.1) is 21.3 Å². The number of carbonyl (C=O) groups excluding carboxylic acids is 2. The monoisotopic (exact) mass is 377 g/mol. The highest BCUT2D eigenvalue weighted by molar-refractivity contribution is 5.97. The Kier molecular flexibility index (Phi) is 6.99. The highest BCUT2D eigenvalue weighted by Gasteiger charge is 2.17. The predicted octanol–water partition coefficient (Wildman–Crippen LogP) is 2.32. The standard InChI is InChI=1S/C19H20FNO6/c1-24-15-8-13(9-16(25-2)18(15)26-3)19(23)21-10-17(22)27-11-12-6-4-5-7-14(12)20/h4-9H,10-11H2,1-3H3,(H,21,23). The van der Waals surface area contributed by atoms with E-state index in [0.29, 0.717) is 17.2 Å². The van der Waals surface area contributed by atoms with E-state index in [4.69, 9.17) is 18.9 Å². The summed E-state index contributed by atoms with van der Waals surface area (Å²) in [7, 11) is 4.31. The van der Waals surface area contributed by atoms with Gasteiger partial charge >= 0.3 is 5.97 Å². The number of rotatable bonds is 8. The number of amides is 1. The second kappa shape index (κ2) is 9.42. The van der Waals surface area contributed by atoms with Crippen molar-refractivity contribution in [1.82, 2.24) is 5.32 Å². The first-order chi connectivity index (χ1) is 13.0. The SMILES string of the molecule is COc1cc(C(=O)NCC(=O)OCc2ccccc2F)cc(OC)c1OC. The van der Waals surface area contributed by atoms with Crippen molar-refractivity contribution in [3.8, 4) is 17.2 Å². The van der Waals surface area contributed by atoms with Gasteiger partial charge < -0.3 is 24.3 Å². The van der Waals surface area contributed by atoms with Gasteiger partial charge in [0.1, 0.15) is 19.0 Å². The Balaban J connectivity index is 1.97. The maximum atomic E-state index is 13.5. The van der Waals surface area contributed by atoms with E-state index in [1.165, 1.54) is 51.7 Å². The van der Waals surface area contributed by atoms with Gasteiger partial charge in [-0.25, -0.2) is 4.39 Å². The van der Waals surface area contributed by atoms with E-state index in [1.54, 1.807) is 6.07 Å². The maximum absolute atomic E-state index is 13.5. The Morgan fingerprint density at radius 2 is 1.63 bits per heavy atom. The Morgan fingerprint density at radius 3 is 2.19 bits per heavy atom. The van der Waals surface area contributed by atoms with E-state index < -0.39 is 17.7 Å². The molecule has 8 heteroatoms. The van der Waals surface area contributed by atoms with Gasteiger partial charge in [-0.15, -0.1) is 0 Å². The molecule has 0 saturated carbocycles. The minimum atomic E-state index is -0.695. The summed E-state index contributed by atoms with van der Waals surface area (Å²) < 4.78 is 34.0. The summed E-state index contributed by atoms with van der Waals surface area (Å²) in [6.45, 7) is -0.588. The molecule has 0 aliphatic rings. The Morgan fingerprint density at radius 1 is 1.00 bits per heavy atom. The van der Waals surface area contributed by atoms with Crippen LogP contribution in [-0.2, 0) is 16.1 Å². The first-order valence-corrected chi connectivity index (χ1v) is 7.97. The van der Waals surface area contributed by atoms with Crippen LogP contribution in [0.4, 0.5) is 4.39 Å². The zero-order valence-electron chi connectivity index (χ0n) is 15.2. The van der Waals surface area contributed by atoms with Gasteiger partial charge in [-0.2, -0.15) is 0 Å². The van der Waals surface area contributed by atoms with Gasteiger partial charge in [0.25, 0.3) is 5.91 Å². The van der Waals surface area contributed by atoms with Gasteiger partial charge in [0, 0.05) is 11.1 Å². The second-order valence-electron chi connectivity index (χ2n) is 5.35. The Bertz CT molecular complexity index is 799. The third kappa shape index (κ3) is 5.10. The van der Waals surface area contributed by atoms with Crippen LogP contribution in [0.3, 0.4) is 0 Å². The second-order valence-corrected chi connectivity index (χ2v) is 5.35. The van der Waals surface area contributed by atoms with Crippen LogP contribution in [0.2, 0.25) is 0 Å². The highest BCUT2D eigenvalue weighted by atomic mass is 19.1. The molecule has 0 heterocycles. The molecule has 2 aromatic rings. The summed E-state index contributed by atoms with van der Waals surface area (Å²) in [6.07, 6.45) is 0. The van der Waals surface area contributed by atoms with Crippen LogP contribution in [-0.4, -0.2) is 39.8 Å². The molecule has 2 rings (SSSR count). The molecule has 0 saturated heterocycles. The van der Waals surface area contributed by atoms with Gasteiger partial charge in [0.2, 0.25) is 5.75 Å². The maximum Gasteiger partial charge on any atom is 0.325 e. The van der Waals surface area contributed by atoms with E-state index >= 15 is 0 Å². The fourth-order valence-electron chi connectivity index (χ4n) is 2.29. The number of ether oxygens (including phenoxy) is 4. The highest BCUT2D eigenvalue weighted by Crippen LogP contribution is 2.38. The molecule has 2 aromatic carbocycles. The fourth-order valence-corrected chi connectivity index (χ4v) is 2.29. The molecular weight excluding hydrogens is 357 g/mol. The summed E-state index contributed by atoms with van der Waals surface area (Å²) in [5.74, 6) is -0.725. The van der Waals surface area contributed by atoms with E-state index in [0.717, 1.165) is 0 Å². The summed E-state index contributed by atoms with van der Waals surface area (Å²) >= 11 is 0. The van der Waals surface area contributed by atoms with Gasteiger partial charge in [-0.05, 0) is 18.2 Å². The van der Waals surface area contributed by atoms with Crippen LogP contribution in [0.25, 0.3) is 0 Å². The summed E-state index contributed by atoms with van der Waals surface area (Å²) in [4.78, 5) is 24.1. The molecule has 1 N–H and O–H groups in total. The molecule has 27 heavy (non-hydrogen) atoms. The number of nitrogens with one attached hydrogen (secondary N) is 1. The number of halogens is 1. The Labute approximate surface area is 156 Å². The minimum Gasteiger partial charge on any atom is -0.493 e. The van der Waals surface area contributed by atoms with Crippen molar-refractivity contribution >= 4 is 11.9 Å². The van der Waals surface area contributed by atoms with Crippen molar-refractivity contribution in [2.24, 2.45) is 0 Å². The number of carbonyl (C=O) groups is 2. The number of benzene rings is 2. The van der Waals surface area contributed by atoms with E-state index in [9.17, 15) is 14.0 Å². The van der Waals surface area contributed by atoms with Crippen molar-refractivity contribution in [3.05, 3.63) is 53.3 Å². The molecule has 0 atom stereocenters. The van der Waals surface area contributed by atoms with Crippen molar-refractivity contribution in [2.45, 2.75) is 6.61 Å². The summed E-state index contributed by atoms with van der Waals surface area (Å²) in [5.41, 5.74) is 0.466. The molecule has 0 radical (unpaired) electrons. The molecule has 0 spiro atoms. The van der Waals surface area contributed by atoms with E-state index in [2.05, 4.69) is 5.32 Å². The molecule has 0 fully saturated rings. The molecule has 0 aliphatic carbocycles. The minimum absolute atomic E-state index is 0.214. The van der Waals surface area contributed by atoms with Gasteiger partial charge in [-0.3, -0.25) is 9.59 Å². The molecule has 144 valence electrons. The van der Waals surface area contributed by atoms with Crippen molar-refractivity contribution in [1.29, 1.82) is 0 Å². The first kappa shape index (κ1) is 20.0. The molecule has 1 amide bonds. The van der Waals surface area contributed by atoms with Gasteiger partial charge in [-0.1, -0.05) is 18.2 Å². The van der Waals surface area contributed by atoms with Crippen molar-refractivity contribution in [2.75, 3.05) is 27.9 Å². The number of esters is 1. The predicted molar refractivity (Wildman–Crippen MR) is 94.6 cm³/mol. The van der Waals surface area contributed by atoms with Crippen molar-refractivity contribution in [3.63, 3.8) is 0 Å². The summed E-state index contributed by atoms with van der Waals surface area (Å²) in [5, 5.41) is 2.43. The smallest absolute Gasteiger partial charge is 0.325 e. The fraction of sp³-hybridized carbons (Fsp3) is 0.263. The lowest BCUT2D eigenvalue weighted by molar-refractivity contribution is -0.143. The average molecular weight is 377 g/mol. The normalized spacial score (nSPS) is 10.1. The lowest BCUT2D eigenvalue weighted by Crippen LogP contribution is -2.30. The summed E-state index contributed by atoms with van der Waals surface area (Å²) in [6, 6.07) is 8.88. The third-order valence-electron chi connectivity index (χ3n) is 3.67. The molecule has 0 unspecified atom stereocenters. The first-order valence-electron chi connectivity index (χ1n) is 7.97. The molecule has 0 aromatic heterocycles. The van der Waals surface area contributed by atoms with Crippen LogP contribution >= 0.6 is 0 Å². The molecule has 0 bridgehead atoms. The number of methoxy groups -OCH3 is 3. The zero-order valence-corrected chi connectivity index (χ0v) is 15.2. The van der Waals surface area contributed by atoms with Crippen molar-refractivity contribution < 1.29 is 32.9 Å². The van der Waals surface area contributed by atoms with Crippen LogP contribution in [0.15, 0.2) is 36.4 Å². The van der Waals surface area contributed by atoms with E-state index in [1.807, 2.05) is 0 Å². The molecule has 0 aliphatic heterocycles. The zero-order chi connectivity index (χ0) is 19.8. The lowest BCUT2D eigenvalue weighted by atomic mass is 10.1. The number of hydrogen-bond acceptors (Lipinski definition) is 6. The third-order valence-corrected chi connectivity index (χ3v) is 3.67. The van der Waals surface area contributed by atoms with Crippen LogP contribution in [0, 0.1) is 5.82 Å². The lowest BCUT2D eigenvalue weighted by Gasteiger charge is -2.14. The topological polar surface area (TPSA) is 83.1 Å². The molecular formula is C19H20FNO6. The molecule has 7 nitrogen and oxygen atoms in total. The van der Waals surface area contributed by atoms with Gasteiger partial charge in [0.15, 0.2) is 11.5 Å². The number of hydrogen-bond donors (Lipinski definition) is 1. The average Bonchev–Trinajstić information content (AvgIpc) is 2.70. The van der Waals surface area contributed by atoms with E-state index in [-0.39, 0.29) is 24.3 Å². The quantitative estimate of drug-likeness (QED) is 0.711. The largest absolute Gasteiger partial charge is 0.493 e. The van der Waals surface area contributed by atoms with Crippen LogP contribution in [0.5, 0.6) is 17.2 Å². The Hall–Kier alpha value is -3.29. The van der Waals surface area contributed by atoms with Crippen LogP contribution in [0.1, 0.15) is 15.9 Å².